The summed E-state index contributed by atoms with van der Waals surface area (Å²) in [5.74, 6) is -2.28. The molecule has 0 aliphatic heterocycles. The van der Waals surface area contributed by atoms with E-state index >= 15 is 0 Å². The minimum Gasteiger partial charge on any atom is -0.507 e. The highest BCUT2D eigenvalue weighted by atomic mass is 35.5. The van der Waals surface area contributed by atoms with Crippen LogP contribution in [0.2, 0.25) is 0 Å². The number of ketones is 2. The first-order valence-corrected chi connectivity index (χ1v) is 9.64. The van der Waals surface area contributed by atoms with Crippen LogP contribution < -0.4 is 5.32 Å². The Bertz CT molecular complexity index is 986. The monoisotopic (exact) mass is 432 g/mol. The summed E-state index contributed by atoms with van der Waals surface area (Å²) in [4.78, 5) is 40.0. The lowest BCUT2D eigenvalue weighted by Gasteiger charge is -2.21. The van der Waals surface area contributed by atoms with Crippen LogP contribution in [0.15, 0.2) is 30.3 Å². The van der Waals surface area contributed by atoms with E-state index in [1.165, 1.54) is 18.2 Å². The lowest BCUT2D eigenvalue weighted by molar-refractivity contribution is -0.120. The molecule has 1 aliphatic rings. The number of hydrogen-bond donors (Lipinski definition) is 3. The molecule has 160 valence electrons. The smallest absolute Gasteiger partial charge is 0.224 e. The number of hydrogen-bond acceptors (Lipinski definition) is 6. The lowest BCUT2D eigenvalue weighted by atomic mass is 9.82. The number of rotatable bonds is 7. The SMILES string of the molecule is CCN(CC)CCNC(=O)Cc1cc(O)c2c(c1O)C(=O)c1ccccc1C2=O.Cl. The Hall–Kier alpha value is -2.90. The summed E-state index contributed by atoms with van der Waals surface area (Å²) >= 11 is 0. The van der Waals surface area contributed by atoms with Gasteiger partial charge in [-0.15, -0.1) is 12.4 Å². The lowest BCUT2D eigenvalue weighted by Crippen LogP contribution is -2.35. The molecule has 0 saturated carbocycles. The Kier molecular flexibility index (Phi) is 7.59. The predicted octanol–water partition coefficient (Wildman–Crippen LogP) is 2.30. The van der Waals surface area contributed by atoms with Crippen molar-refractivity contribution in [3.8, 4) is 11.5 Å². The van der Waals surface area contributed by atoms with Crippen molar-refractivity contribution in [1.29, 1.82) is 0 Å². The van der Waals surface area contributed by atoms with Gasteiger partial charge in [-0.3, -0.25) is 14.4 Å². The molecule has 7 nitrogen and oxygen atoms in total. The summed E-state index contributed by atoms with van der Waals surface area (Å²) in [6.45, 7) is 6.98. The van der Waals surface area contributed by atoms with Crippen molar-refractivity contribution in [2.75, 3.05) is 26.2 Å². The molecule has 0 aromatic heterocycles. The highest BCUT2D eigenvalue weighted by Crippen LogP contribution is 2.40. The molecule has 1 amide bonds. The number of likely N-dealkylation sites (N-methyl/N-ethyl adjacent to an activating group) is 1. The zero-order chi connectivity index (χ0) is 21.1. The van der Waals surface area contributed by atoms with E-state index in [0.29, 0.717) is 13.1 Å². The molecular formula is C22H25ClN2O5. The second-order valence-electron chi connectivity index (χ2n) is 6.91. The fraction of sp³-hybridized carbons (Fsp3) is 0.318. The fourth-order valence-electron chi connectivity index (χ4n) is 3.58. The van der Waals surface area contributed by atoms with E-state index in [1.807, 2.05) is 13.8 Å². The van der Waals surface area contributed by atoms with Crippen LogP contribution in [0.3, 0.4) is 0 Å². The molecule has 0 atom stereocenters. The van der Waals surface area contributed by atoms with E-state index in [-0.39, 0.29) is 52.6 Å². The number of phenolic OH excluding ortho intramolecular Hbond substituents is 2. The Morgan fingerprint density at radius 3 is 2.13 bits per heavy atom. The first-order chi connectivity index (χ1) is 13.9. The highest BCUT2D eigenvalue weighted by molar-refractivity contribution is 6.30. The molecule has 3 rings (SSSR count). The molecule has 0 unspecified atom stereocenters. The molecule has 1 aliphatic carbocycles. The first-order valence-electron chi connectivity index (χ1n) is 9.64. The predicted molar refractivity (Wildman–Crippen MR) is 115 cm³/mol. The minimum absolute atomic E-state index is 0. The quantitative estimate of drug-likeness (QED) is 0.494. The van der Waals surface area contributed by atoms with Crippen LogP contribution >= 0.6 is 12.4 Å². The molecule has 2 aromatic rings. The van der Waals surface area contributed by atoms with Gasteiger partial charge in [-0.1, -0.05) is 38.1 Å². The van der Waals surface area contributed by atoms with E-state index in [1.54, 1.807) is 12.1 Å². The fourth-order valence-corrected chi connectivity index (χ4v) is 3.58. The van der Waals surface area contributed by atoms with Gasteiger partial charge in [-0.25, -0.2) is 0 Å². The number of carbonyl (C=O) groups is 3. The number of nitrogens with zero attached hydrogens (tertiary/aromatic N) is 1. The van der Waals surface area contributed by atoms with E-state index in [2.05, 4.69) is 10.2 Å². The van der Waals surface area contributed by atoms with Gasteiger partial charge >= 0.3 is 0 Å². The maximum Gasteiger partial charge on any atom is 0.224 e. The van der Waals surface area contributed by atoms with Gasteiger partial charge in [0.2, 0.25) is 5.91 Å². The topological polar surface area (TPSA) is 107 Å². The third-order valence-electron chi connectivity index (χ3n) is 5.22. The average molecular weight is 433 g/mol. The van der Waals surface area contributed by atoms with Crippen LogP contribution in [0.1, 0.15) is 51.3 Å². The number of aromatic hydroxyl groups is 2. The molecule has 0 saturated heterocycles. The van der Waals surface area contributed by atoms with Gasteiger partial charge in [0.25, 0.3) is 0 Å². The number of phenols is 2. The second-order valence-corrected chi connectivity index (χ2v) is 6.91. The average Bonchev–Trinajstić information content (AvgIpc) is 2.72. The number of fused-ring (bicyclic) bond motifs is 2. The summed E-state index contributed by atoms with van der Waals surface area (Å²) < 4.78 is 0. The summed E-state index contributed by atoms with van der Waals surface area (Å²) in [6, 6.07) is 7.44. The summed E-state index contributed by atoms with van der Waals surface area (Å²) in [5.41, 5.74) is -0.0271. The molecule has 0 bridgehead atoms. The largest absolute Gasteiger partial charge is 0.507 e. The van der Waals surface area contributed by atoms with Crippen molar-refractivity contribution in [2.24, 2.45) is 0 Å². The molecular weight excluding hydrogens is 408 g/mol. The highest BCUT2D eigenvalue weighted by Gasteiger charge is 2.35. The molecule has 2 aromatic carbocycles. The van der Waals surface area contributed by atoms with Crippen molar-refractivity contribution < 1.29 is 24.6 Å². The molecule has 3 N–H and O–H groups in total. The number of halogens is 1. The molecule has 0 fully saturated rings. The van der Waals surface area contributed by atoms with Crippen molar-refractivity contribution in [2.45, 2.75) is 20.3 Å². The van der Waals surface area contributed by atoms with Crippen molar-refractivity contribution in [3.05, 3.63) is 58.1 Å². The van der Waals surface area contributed by atoms with Gasteiger partial charge in [-0.2, -0.15) is 0 Å². The third-order valence-corrected chi connectivity index (χ3v) is 5.22. The number of benzene rings is 2. The summed E-state index contributed by atoms with van der Waals surface area (Å²) in [6.07, 6.45) is -0.214. The maximum absolute atomic E-state index is 12.8. The Labute approximate surface area is 181 Å². The van der Waals surface area contributed by atoms with Crippen molar-refractivity contribution in [3.63, 3.8) is 0 Å². The Morgan fingerprint density at radius 2 is 1.57 bits per heavy atom. The van der Waals surface area contributed by atoms with Crippen molar-refractivity contribution >= 4 is 29.9 Å². The van der Waals surface area contributed by atoms with Crippen molar-refractivity contribution in [1.82, 2.24) is 10.2 Å². The molecule has 0 heterocycles. The zero-order valence-electron chi connectivity index (χ0n) is 16.9. The van der Waals surface area contributed by atoms with E-state index in [0.717, 1.165) is 13.1 Å². The second kappa shape index (κ2) is 9.73. The standard InChI is InChI=1S/C22H24N2O5.ClH/c1-3-24(4-2)10-9-23-17(26)12-13-11-16(25)18-19(20(13)27)22(29)15-8-6-5-7-14(15)21(18)28;/h5-8,11,25,27H,3-4,9-10,12H2,1-2H3,(H,23,26);1H. The van der Waals surface area contributed by atoms with Gasteiger partial charge in [0, 0.05) is 29.8 Å². The van der Waals surface area contributed by atoms with Crippen LogP contribution in [0.25, 0.3) is 0 Å². The maximum atomic E-state index is 12.8. The molecule has 0 radical (unpaired) electrons. The summed E-state index contributed by atoms with van der Waals surface area (Å²) in [5, 5.41) is 23.8. The first kappa shape index (κ1) is 23.4. The number of nitrogens with one attached hydrogen (secondary N) is 1. The van der Waals surface area contributed by atoms with Gasteiger partial charge in [-0.05, 0) is 19.2 Å². The van der Waals surface area contributed by atoms with E-state index in [9.17, 15) is 24.6 Å². The summed E-state index contributed by atoms with van der Waals surface area (Å²) in [7, 11) is 0. The van der Waals surface area contributed by atoms with Gasteiger partial charge in [0.15, 0.2) is 11.6 Å². The third kappa shape index (κ3) is 4.32. The van der Waals surface area contributed by atoms with Gasteiger partial charge in [0.05, 0.1) is 17.5 Å². The zero-order valence-corrected chi connectivity index (χ0v) is 17.7. The van der Waals surface area contributed by atoms with E-state index in [4.69, 9.17) is 0 Å². The van der Waals surface area contributed by atoms with Crippen LogP contribution in [-0.2, 0) is 11.2 Å². The molecule has 30 heavy (non-hydrogen) atoms. The van der Waals surface area contributed by atoms with Crippen LogP contribution in [-0.4, -0.2) is 58.8 Å². The number of carbonyl (C=O) groups excluding carboxylic acids is 3. The van der Waals surface area contributed by atoms with Gasteiger partial charge in [0.1, 0.15) is 11.5 Å². The normalized spacial score (nSPS) is 12.2. The Morgan fingerprint density at radius 1 is 1.00 bits per heavy atom. The van der Waals surface area contributed by atoms with Crippen LogP contribution in [0, 0.1) is 0 Å². The Balaban J connectivity index is 0.00000320. The number of amides is 1. The minimum atomic E-state index is -0.549. The van der Waals surface area contributed by atoms with Crippen LogP contribution in [0.5, 0.6) is 11.5 Å². The van der Waals surface area contributed by atoms with Crippen LogP contribution in [0.4, 0.5) is 0 Å². The molecule has 8 heteroatoms. The molecule has 0 spiro atoms. The van der Waals surface area contributed by atoms with E-state index < -0.39 is 23.1 Å². The van der Waals surface area contributed by atoms with Gasteiger partial charge < -0.3 is 20.4 Å².